The van der Waals surface area contributed by atoms with Gasteiger partial charge >= 0.3 is 5.97 Å². The number of carbonyl (C=O) groups excluding carboxylic acids is 6. The van der Waals surface area contributed by atoms with Crippen LogP contribution in [0.15, 0.2) is 38.9 Å². The fourth-order valence-electron chi connectivity index (χ4n) is 5.11. The molecule has 4 N–H and O–H groups in total. The average Bonchev–Trinajstić information content (AvgIpc) is 3.48. The monoisotopic (exact) mass is 747 g/mol. The van der Waals surface area contributed by atoms with Crippen molar-refractivity contribution in [3.05, 3.63) is 50.5 Å². The fourth-order valence-corrected chi connectivity index (χ4v) is 7.10. The number of hydrogen-bond donors (Lipinski definition) is 4. The number of aliphatic carboxylic acids is 1. The van der Waals surface area contributed by atoms with E-state index in [9.17, 15) is 43.8 Å². The second-order valence-electron chi connectivity index (χ2n) is 13.7. The first-order valence-corrected chi connectivity index (χ1v) is 17.2. The molecule has 51 heavy (non-hydrogen) atoms. The zero-order valence-corrected chi connectivity index (χ0v) is 30.4. The number of aromatic amines is 1. The summed E-state index contributed by atoms with van der Waals surface area (Å²) in [5.41, 5.74) is -3.51. The number of carboxylic acids is 1. The van der Waals surface area contributed by atoms with Gasteiger partial charge in [0.15, 0.2) is 16.6 Å². The number of rotatable bonds is 14. The van der Waals surface area contributed by atoms with Crippen molar-refractivity contribution in [3.8, 4) is 5.75 Å². The lowest BCUT2D eigenvalue weighted by molar-refractivity contribution is -0.899. The second kappa shape index (κ2) is 14.6. The number of thioether (sulfide) groups is 1. The van der Waals surface area contributed by atoms with Crippen molar-refractivity contribution in [2.24, 2.45) is 5.16 Å². The molecule has 0 radical (unpaired) electrons. The maximum atomic E-state index is 13.6. The first-order valence-electron chi connectivity index (χ1n) is 15.3. The van der Waals surface area contributed by atoms with Gasteiger partial charge < -0.3 is 44.7 Å². The normalized spacial score (nSPS) is 18.0. The number of β-lactam (4-membered cyclic amide) rings is 1. The lowest BCUT2D eigenvalue weighted by atomic mass is 10.0. The summed E-state index contributed by atoms with van der Waals surface area (Å²) in [5, 5.41) is 31.3. The number of aromatic hydroxyl groups is 1. The summed E-state index contributed by atoms with van der Waals surface area (Å²) >= 11 is 2.15. The number of ketones is 1. The maximum absolute atomic E-state index is 13.6. The van der Waals surface area contributed by atoms with Crippen LogP contribution in [-0.4, -0.2) is 115 Å². The van der Waals surface area contributed by atoms with Crippen LogP contribution in [0.2, 0.25) is 0 Å². The molecule has 3 amide bonds. The third-order valence-electron chi connectivity index (χ3n) is 7.34. The summed E-state index contributed by atoms with van der Waals surface area (Å²) < 4.78 is 5.29. The lowest BCUT2D eigenvalue weighted by Gasteiger charge is -2.51. The fraction of sp³-hybridized carbons (Fsp3) is 0.452. The third-order valence-corrected chi connectivity index (χ3v) is 9.45. The summed E-state index contributed by atoms with van der Waals surface area (Å²) in [7, 11) is 3.59. The number of aromatic nitrogens is 2. The van der Waals surface area contributed by atoms with Crippen LogP contribution in [0.3, 0.4) is 0 Å². The van der Waals surface area contributed by atoms with Crippen molar-refractivity contribution < 1.29 is 53.0 Å². The van der Waals surface area contributed by atoms with Gasteiger partial charge in [0.1, 0.15) is 35.8 Å². The number of fused-ring (bicyclic) bond motifs is 1. The highest BCUT2D eigenvalue weighted by molar-refractivity contribution is 8.00. The van der Waals surface area contributed by atoms with E-state index >= 15 is 0 Å². The number of hydrogen-bond acceptors (Lipinski definition) is 15. The van der Waals surface area contributed by atoms with Crippen molar-refractivity contribution in [3.63, 3.8) is 0 Å². The van der Waals surface area contributed by atoms with Crippen molar-refractivity contribution >= 4 is 69.9 Å². The van der Waals surface area contributed by atoms with Crippen molar-refractivity contribution in [2.45, 2.75) is 63.8 Å². The molecule has 4 rings (SSSR count). The van der Waals surface area contributed by atoms with Gasteiger partial charge in [0.25, 0.3) is 17.6 Å². The Hall–Kier alpha value is -5.08. The number of likely N-dealkylation sites (N-methyl/N-ethyl adjacent to an activating group) is 1. The number of quaternary nitrogens is 1. The number of nitrogens with one attached hydrogen (secondary N) is 3. The van der Waals surface area contributed by atoms with E-state index in [0.717, 1.165) is 16.2 Å². The van der Waals surface area contributed by atoms with Gasteiger partial charge in [-0.1, -0.05) is 5.16 Å². The Labute approximate surface area is 299 Å². The van der Waals surface area contributed by atoms with E-state index < -0.39 is 69.0 Å². The van der Waals surface area contributed by atoms with Crippen LogP contribution >= 0.6 is 23.1 Å². The van der Waals surface area contributed by atoms with Crippen LogP contribution in [0, 0.1) is 0 Å². The van der Waals surface area contributed by atoms with Crippen LogP contribution < -0.4 is 21.2 Å². The first kappa shape index (κ1) is 38.7. The number of ether oxygens (including phenoxy) is 1. The Balaban J connectivity index is 1.55. The number of amides is 3. The topological polar surface area (TPSA) is 250 Å². The molecule has 18 nitrogen and oxygen atoms in total. The number of carboxylic acid groups (broad SMARTS) is 1. The van der Waals surface area contributed by atoms with E-state index in [1.807, 2.05) is 0 Å². The lowest BCUT2D eigenvalue weighted by Crippen LogP contribution is -2.71. The van der Waals surface area contributed by atoms with Crippen LogP contribution in [0.25, 0.3) is 0 Å². The van der Waals surface area contributed by atoms with Crippen molar-refractivity contribution in [1.82, 2.24) is 20.2 Å². The van der Waals surface area contributed by atoms with Gasteiger partial charge in [-0.15, -0.1) is 23.1 Å². The number of carbonyl (C=O) groups is 6. The van der Waals surface area contributed by atoms with Gasteiger partial charge in [0, 0.05) is 29.0 Å². The third kappa shape index (κ3) is 8.99. The molecule has 0 unspecified atom stereocenters. The Morgan fingerprint density at radius 1 is 1.20 bits per heavy atom. The Morgan fingerprint density at radius 3 is 2.49 bits per heavy atom. The second-order valence-corrected chi connectivity index (χ2v) is 15.7. The molecule has 2 aromatic heterocycles. The molecular formula is C31H37N7O11S2. The molecule has 0 aromatic carbocycles. The SMILES string of the molecule is CC(C)(C)OC(=O)C(=O)C(C)(C)ON=C(C(=O)N[C@@H]1C(=O)N2C(C(=O)[O-])=C(C[N+](C)(C)Cc3cc(=O)c(O)c[nH]3)CS[C@@H]12)c1csc(NC=O)n1. The molecule has 1 saturated heterocycles. The van der Waals surface area contributed by atoms with Crippen LogP contribution in [0.1, 0.15) is 46.0 Å². The number of thiazole rings is 1. The first-order chi connectivity index (χ1) is 23.6. The zero-order valence-electron chi connectivity index (χ0n) is 28.7. The molecule has 0 saturated carbocycles. The predicted molar refractivity (Wildman–Crippen MR) is 181 cm³/mol. The van der Waals surface area contributed by atoms with E-state index in [1.54, 1.807) is 34.9 Å². The van der Waals surface area contributed by atoms with Crippen LogP contribution in [-0.2, 0) is 44.9 Å². The molecule has 0 bridgehead atoms. The van der Waals surface area contributed by atoms with Gasteiger partial charge in [-0.25, -0.2) is 9.78 Å². The minimum absolute atomic E-state index is 0.0905. The van der Waals surface area contributed by atoms with Gasteiger partial charge in [0.05, 0.1) is 31.5 Å². The molecule has 1 fully saturated rings. The highest BCUT2D eigenvalue weighted by Crippen LogP contribution is 2.40. The number of nitrogens with zero attached hydrogens (tertiary/aromatic N) is 4. The van der Waals surface area contributed by atoms with Gasteiger partial charge in [-0.2, -0.15) is 0 Å². The number of pyridine rings is 1. The van der Waals surface area contributed by atoms with Gasteiger partial charge in [0.2, 0.25) is 17.4 Å². The summed E-state index contributed by atoms with van der Waals surface area (Å²) in [6, 6.07) is 0.0328. The van der Waals surface area contributed by atoms with Crippen LogP contribution in [0.4, 0.5) is 5.13 Å². The molecule has 2 aliphatic heterocycles. The van der Waals surface area contributed by atoms with Crippen LogP contribution in [0.5, 0.6) is 5.75 Å². The molecular weight excluding hydrogens is 711 g/mol. The zero-order chi connectivity index (χ0) is 38.1. The number of anilines is 1. The van der Waals surface area contributed by atoms with Crippen molar-refractivity contribution in [2.75, 3.05) is 31.7 Å². The highest BCUT2D eigenvalue weighted by Gasteiger charge is 2.53. The van der Waals surface area contributed by atoms with Gasteiger partial charge in [-0.05, 0) is 34.6 Å². The van der Waals surface area contributed by atoms with E-state index in [0.29, 0.717) is 17.7 Å². The Bertz CT molecular complexity index is 1890. The number of Topliss-reactive ketones (excluding diaryl/α,β-unsaturated/α-hetero) is 1. The minimum Gasteiger partial charge on any atom is -0.543 e. The van der Waals surface area contributed by atoms with Crippen molar-refractivity contribution in [1.29, 1.82) is 0 Å². The standard InChI is InChI=1S/C31H37N7O11S2/c1-30(2,3)48-28(47)23(42)31(4,5)49-36-20(17-13-51-29(34-17)33-14-39)24(43)35-21-25(44)37-22(27(45)46)15(12-50-26(21)37)10-38(6,7)11-16-8-18(40)19(41)9-32-16/h8-9,13-14,21,26H,10-12H2,1-7H3,(H4-,32,33,34,35,36,39,40,41,42,43,45,46,47)/t21-,26+/m1/s1. The van der Waals surface area contributed by atoms with E-state index in [-0.39, 0.29) is 39.8 Å². The molecule has 2 aromatic rings. The summed E-state index contributed by atoms with van der Waals surface area (Å²) in [6.07, 6.45) is 1.53. The Kier molecular flexibility index (Phi) is 11.1. The summed E-state index contributed by atoms with van der Waals surface area (Å²) in [6.45, 7) is 7.60. The molecule has 20 heteroatoms. The van der Waals surface area contributed by atoms with E-state index in [2.05, 4.69) is 25.8 Å². The summed E-state index contributed by atoms with van der Waals surface area (Å²) in [4.78, 5) is 101. The molecule has 0 aliphatic carbocycles. The number of H-pyrrole nitrogens is 1. The van der Waals surface area contributed by atoms with Gasteiger partial charge in [-0.3, -0.25) is 28.9 Å². The minimum atomic E-state index is -1.91. The maximum Gasteiger partial charge on any atom is 0.379 e. The smallest absolute Gasteiger partial charge is 0.379 e. The average molecular weight is 748 g/mol. The largest absolute Gasteiger partial charge is 0.543 e. The molecule has 274 valence electrons. The molecule has 4 heterocycles. The molecule has 2 atom stereocenters. The molecule has 2 aliphatic rings. The van der Waals surface area contributed by atoms with E-state index in [4.69, 9.17) is 9.57 Å². The molecule has 0 spiro atoms. The quantitative estimate of drug-likeness (QED) is 0.0352. The predicted octanol–water partition coefficient (Wildman–Crippen LogP) is -0.804. The number of esters is 1. The highest BCUT2D eigenvalue weighted by atomic mass is 32.2. The summed E-state index contributed by atoms with van der Waals surface area (Å²) in [5.74, 6) is -5.88. The Morgan fingerprint density at radius 2 is 1.88 bits per heavy atom. The van der Waals surface area contributed by atoms with E-state index in [1.165, 1.54) is 43.3 Å². The number of oxime groups is 1.